The van der Waals surface area contributed by atoms with Gasteiger partial charge in [0.05, 0.1) is 5.75 Å². The van der Waals surface area contributed by atoms with Gasteiger partial charge in [-0.1, -0.05) is 103 Å². The average molecular weight is 563 g/mol. The van der Waals surface area contributed by atoms with Gasteiger partial charge in [-0.25, -0.2) is 0 Å². The first-order chi connectivity index (χ1) is 18.9. The van der Waals surface area contributed by atoms with Gasteiger partial charge in [-0.2, -0.15) is 0 Å². The summed E-state index contributed by atoms with van der Waals surface area (Å²) in [5, 5.41) is 3.92. The van der Waals surface area contributed by atoms with Crippen molar-refractivity contribution in [3.05, 3.63) is 106 Å². The van der Waals surface area contributed by atoms with E-state index in [0.29, 0.717) is 23.7 Å². The van der Waals surface area contributed by atoms with Crippen LogP contribution in [-0.2, 0) is 28.3 Å². The fraction of sp³-hybridized carbons (Fsp3) is 0.394. The molecule has 0 heterocycles. The van der Waals surface area contributed by atoms with E-state index >= 15 is 0 Å². The molecule has 1 aliphatic carbocycles. The number of nitrogens with zero attached hydrogens (tertiary/aromatic N) is 1. The Kier molecular flexibility index (Phi) is 10.9. The highest BCUT2D eigenvalue weighted by atomic mass is 35.5. The molecule has 4 rings (SSSR count). The minimum absolute atomic E-state index is 0.0379. The van der Waals surface area contributed by atoms with Gasteiger partial charge in [-0.05, 0) is 55.5 Å². The second kappa shape index (κ2) is 14.6. The maximum absolute atomic E-state index is 13.9. The lowest BCUT2D eigenvalue weighted by Crippen LogP contribution is -2.53. The zero-order valence-electron chi connectivity index (χ0n) is 23.0. The Bertz CT molecular complexity index is 1220. The molecule has 1 saturated carbocycles. The van der Waals surface area contributed by atoms with E-state index in [-0.39, 0.29) is 17.9 Å². The minimum atomic E-state index is -0.609. The Hall–Kier alpha value is -2.76. The van der Waals surface area contributed by atoms with Crippen molar-refractivity contribution in [1.82, 2.24) is 10.2 Å². The number of carbonyl (C=O) groups is 2. The Labute approximate surface area is 242 Å². The van der Waals surface area contributed by atoms with Crippen molar-refractivity contribution in [3.8, 4) is 0 Å². The standard InChI is InChI=1S/C33H39ClN2O2S/c1-24-16-25(2)18-28(17-24)22-39-23-32(37)36(21-27-12-9-13-29(34)19-27)31(20-26-10-5-3-6-11-26)33(38)35-30-14-7-4-8-15-30/h3,5-6,9-13,16-19,30-31H,4,7-8,14-15,20-23H2,1-2H3,(H,35,38)/t31-/m1/s1. The van der Waals surface area contributed by atoms with Crippen LogP contribution in [0.4, 0.5) is 0 Å². The molecule has 3 aromatic rings. The molecule has 0 unspecified atom stereocenters. The van der Waals surface area contributed by atoms with Crippen LogP contribution in [-0.4, -0.2) is 34.6 Å². The van der Waals surface area contributed by atoms with Crippen LogP contribution in [0.25, 0.3) is 0 Å². The zero-order valence-corrected chi connectivity index (χ0v) is 24.6. The van der Waals surface area contributed by atoms with Gasteiger partial charge in [0.2, 0.25) is 11.8 Å². The summed E-state index contributed by atoms with van der Waals surface area (Å²) in [6.45, 7) is 4.52. The topological polar surface area (TPSA) is 49.4 Å². The van der Waals surface area contributed by atoms with Crippen molar-refractivity contribution in [2.24, 2.45) is 0 Å². The number of hydrogen-bond acceptors (Lipinski definition) is 3. The third-order valence-corrected chi connectivity index (χ3v) is 8.46. The number of carbonyl (C=O) groups excluding carboxylic acids is 2. The molecule has 1 aliphatic rings. The Morgan fingerprint density at radius 3 is 2.28 bits per heavy atom. The van der Waals surface area contributed by atoms with Crippen LogP contribution in [0.2, 0.25) is 5.02 Å². The van der Waals surface area contributed by atoms with Crippen LogP contribution in [0.1, 0.15) is 59.9 Å². The molecule has 3 aromatic carbocycles. The molecule has 0 saturated heterocycles. The van der Waals surface area contributed by atoms with E-state index in [2.05, 4.69) is 37.4 Å². The molecular weight excluding hydrogens is 524 g/mol. The second-order valence-corrected chi connectivity index (χ2v) is 12.1. The summed E-state index contributed by atoms with van der Waals surface area (Å²) in [5.41, 5.74) is 5.61. The number of hydrogen-bond donors (Lipinski definition) is 1. The van der Waals surface area contributed by atoms with Crippen molar-refractivity contribution in [3.63, 3.8) is 0 Å². The molecule has 0 bridgehead atoms. The van der Waals surface area contributed by atoms with Crippen LogP contribution < -0.4 is 5.32 Å². The van der Waals surface area contributed by atoms with E-state index < -0.39 is 6.04 Å². The lowest BCUT2D eigenvalue weighted by Gasteiger charge is -2.33. The van der Waals surface area contributed by atoms with Crippen molar-refractivity contribution in [2.45, 2.75) is 76.8 Å². The highest BCUT2D eigenvalue weighted by molar-refractivity contribution is 7.99. The highest BCUT2D eigenvalue weighted by Crippen LogP contribution is 2.22. The monoisotopic (exact) mass is 562 g/mol. The zero-order chi connectivity index (χ0) is 27.6. The molecule has 0 radical (unpaired) electrons. The van der Waals surface area contributed by atoms with E-state index in [1.807, 2.05) is 54.6 Å². The maximum Gasteiger partial charge on any atom is 0.243 e. The van der Waals surface area contributed by atoms with Crippen LogP contribution in [0, 0.1) is 13.8 Å². The molecule has 1 fully saturated rings. The van der Waals surface area contributed by atoms with Crippen LogP contribution in [0.3, 0.4) is 0 Å². The van der Waals surface area contributed by atoms with Gasteiger partial charge in [-0.15, -0.1) is 11.8 Å². The van der Waals surface area contributed by atoms with E-state index in [9.17, 15) is 9.59 Å². The van der Waals surface area contributed by atoms with E-state index in [4.69, 9.17) is 11.6 Å². The quantitative estimate of drug-likeness (QED) is 0.267. The van der Waals surface area contributed by atoms with Gasteiger partial charge >= 0.3 is 0 Å². The Morgan fingerprint density at radius 2 is 1.59 bits per heavy atom. The normalized spacial score (nSPS) is 14.5. The molecule has 1 atom stereocenters. The number of halogens is 1. The first-order valence-corrected chi connectivity index (χ1v) is 15.4. The van der Waals surface area contributed by atoms with E-state index in [1.54, 1.807) is 16.7 Å². The summed E-state index contributed by atoms with van der Waals surface area (Å²) in [7, 11) is 0. The summed E-state index contributed by atoms with van der Waals surface area (Å²) >= 11 is 7.89. The highest BCUT2D eigenvalue weighted by Gasteiger charge is 2.31. The molecule has 0 spiro atoms. The molecule has 0 aromatic heterocycles. The predicted octanol–water partition coefficient (Wildman–Crippen LogP) is 7.28. The summed E-state index contributed by atoms with van der Waals surface area (Å²) in [6, 6.07) is 23.6. The lowest BCUT2D eigenvalue weighted by molar-refractivity contribution is -0.139. The fourth-order valence-corrected chi connectivity index (χ4v) is 6.48. The molecule has 206 valence electrons. The van der Waals surface area contributed by atoms with Crippen LogP contribution in [0.5, 0.6) is 0 Å². The van der Waals surface area contributed by atoms with Gasteiger partial charge in [0.25, 0.3) is 0 Å². The first kappa shape index (κ1) is 29.2. The van der Waals surface area contributed by atoms with Crippen LogP contribution in [0.15, 0.2) is 72.8 Å². The van der Waals surface area contributed by atoms with Gasteiger partial charge < -0.3 is 10.2 Å². The van der Waals surface area contributed by atoms with Gasteiger partial charge in [-0.3, -0.25) is 9.59 Å². The Morgan fingerprint density at radius 1 is 0.897 bits per heavy atom. The number of thioether (sulfide) groups is 1. The van der Waals surface area contributed by atoms with Crippen LogP contribution >= 0.6 is 23.4 Å². The largest absolute Gasteiger partial charge is 0.352 e. The van der Waals surface area contributed by atoms with E-state index in [1.165, 1.54) is 23.1 Å². The number of aryl methyl sites for hydroxylation is 2. The summed E-state index contributed by atoms with van der Waals surface area (Å²) in [6.07, 6.45) is 5.95. The Balaban J connectivity index is 1.57. The number of rotatable bonds is 11. The number of benzene rings is 3. The van der Waals surface area contributed by atoms with E-state index in [0.717, 1.165) is 42.6 Å². The fourth-order valence-electron chi connectivity index (χ4n) is 5.42. The van der Waals surface area contributed by atoms with Crippen molar-refractivity contribution in [2.75, 3.05) is 5.75 Å². The third kappa shape index (κ3) is 9.15. The van der Waals surface area contributed by atoms with Gasteiger partial charge in [0.1, 0.15) is 6.04 Å². The molecule has 6 heteroatoms. The third-order valence-electron chi connectivity index (χ3n) is 7.24. The lowest BCUT2D eigenvalue weighted by atomic mass is 9.94. The van der Waals surface area contributed by atoms with Crippen molar-refractivity contribution >= 4 is 35.2 Å². The SMILES string of the molecule is Cc1cc(C)cc(CSCC(=O)N(Cc2cccc(Cl)c2)[C@H](Cc2ccccc2)C(=O)NC2CCCCC2)c1. The molecular formula is C33H39ClN2O2S. The average Bonchev–Trinajstić information content (AvgIpc) is 2.91. The van der Waals surface area contributed by atoms with Gasteiger partial charge in [0, 0.05) is 29.8 Å². The molecule has 1 N–H and O–H groups in total. The summed E-state index contributed by atoms with van der Waals surface area (Å²) in [5.74, 6) is 0.941. The smallest absolute Gasteiger partial charge is 0.243 e. The molecule has 39 heavy (non-hydrogen) atoms. The van der Waals surface area contributed by atoms with Gasteiger partial charge in [0.15, 0.2) is 0 Å². The summed E-state index contributed by atoms with van der Waals surface area (Å²) in [4.78, 5) is 29.5. The number of amides is 2. The maximum atomic E-state index is 13.9. The van der Waals surface area contributed by atoms with Crippen molar-refractivity contribution < 1.29 is 9.59 Å². The molecule has 0 aliphatic heterocycles. The molecule has 4 nitrogen and oxygen atoms in total. The first-order valence-electron chi connectivity index (χ1n) is 13.9. The molecule has 2 amide bonds. The summed E-state index contributed by atoms with van der Waals surface area (Å²) < 4.78 is 0. The minimum Gasteiger partial charge on any atom is -0.352 e. The number of nitrogens with one attached hydrogen (secondary N) is 1. The second-order valence-electron chi connectivity index (χ2n) is 10.7. The van der Waals surface area contributed by atoms with Crippen molar-refractivity contribution in [1.29, 1.82) is 0 Å². The predicted molar refractivity (Wildman–Crippen MR) is 163 cm³/mol.